The maximum atomic E-state index is 11.8. The molecule has 1 unspecified atom stereocenters. The molecule has 0 spiro atoms. The SMILES string of the molecule is NC(C(=O)O)c1csc(NCCSC(F)(F)F)n1. The Hall–Kier alpha value is -1.00. The Balaban J connectivity index is 2.38. The van der Waals surface area contributed by atoms with E-state index < -0.39 is 17.5 Å². The summed E-state index contributed by atoms with van der Waals surface area (Å²) in [6, 6.07) is -1.22. The summed E-state index contributed by atoms with van der Waals surface area (Å²) in [5.41, 5.74) is 1.26. The molecule has 10 heteroatoms. The summed E-state index contributed by atoms with van der Waals surface area (Å²) in [5, 5.41) is 13.1. The molecule has 0 aliphatic carbocycles. The van der Waals surface area contributed by atoms with Crippen molar-refractivity contribution in [3.63, 3.8) is 0 Å². The predicted molar refractivity (Wildman–Crippen MR) is 63.7 cm³/mol. The van der Waals surface area contributed by atoms with Gasteiger partial charge in [0.05, 0.1) is 5.69 Å². The average Bonchev–Trinajstić information content (AvgIpc) is 2.70. The number of alkyl halides is 3. The van der Waals surface area contributed by atoms with Gasteiger partial charge in [0.15, 0.2) is 5.13 Å². The molecule has 0 aliphatic rings. The van der Waals surface area contributed by atoms with E-state index in [9.17, 15) is 18.0 Å². The fourth-order valence-corrected chi connectivity index (χ4v) is 2.17. The zero-order valence-corrected chi connectivity index (χ0v) is 10.5. The number of aromatic nitrogens is 1. The molecule has 0 aromatic carbocycles. The number of nitrogens with zero attached hydrogens (tertiary/aromatic N) is 1. The number of carbonyl (C=O) groups is 1. The Morgan fingerprint density at radius 3 is 2.89 bits per heavy atom. The predicted octanol–water partition coefficient (Wildman–Crippen LogP) is 1.89. The summed E-state index contributed by atoms with van der Waals surface area (Å²) in [4.78, 5) is 14.4. The number of aliphatic carboxylic acids is 1. The molecular weight excluding hydrogens is 291 g/mol. The molecule has 1 aromatic heterocycles. The molecule has 4 N–H and O–H groups in total. The van der Waals surface area contributed by atoms with Crippen molar-refractivity contribution in [2.75, 3.05) is 17.6 Å². The van der Waals surface area contributed by atoms with Gasteiger partial charge in [0.25, 0.3) is 0 Å². The number of carboxylic acid groups (broad SMARTS) is 1. The van der Waals surface area contributed by atoms with Crippen LogP contribution in [0.1, 0.15) is 11.7 Å². The van der Waals surface area contributed by atoms with E-state index in [1.165, 1.54) is 5.38 Å². The molecule has 0 fully saturated rings. The molecular formula is C8H10F3N3O2S2. The van der Waals surface area contributed by atoms with Gasteiger partial charge in [-0.2, -0.15) is 13.2 Å². The summed E-state index contributed by atoms with van der Waals surface area (Å²) in [6.07, 6.45) is 0. The van der Waals surface area contributed by atoms with Gasteiger partial charge >= 0.3 is 11.5 Å². The zero-order valence-electron chi connectivity index (χ0n) is 8.90. The number of carboxylic acids is 1. The lowest BCUT2D eigenvalue weighted by Gasteiger charge is -2.05. The molecule has 0 saturated heterocycles. The van der Waals surface area contributed by atoms with Crippen LogP contribution in [-0.2, 0) is 4.79 Å². The molecule has 0 radical (unpaired) electrons. The van der Waals surface area contributed by atoms with Gasteiger partial charge in [-0.05, 0) is 11.8 Å². The van der Waals surface area contributed by atoms with Crippen molar-refractivity contribution >= 4 is 34.2 Å². The van der Waals surface area contributed by atoms with E-state index in [1.807, 2.05) is 0 Å². The number of hydrogen-bond donors (Lipinski definition) is 3. The highest BCUT2D eigenvalue weighted by Crippen LogP contribution is 2.29. The normalized spacial score (nSPS) is 13.3. The number of halogens is 3. The van der Waals surface area contributed by atoms with Crippen molar-refractivity contribution in [2.45, 2.75) is 11.6 Å². The molecule has 1 aromatic rings. The Morgan fingerprint density at radius 1 is 1.67 bits per heavy atom. The summed E-state index contributed by atoms with van der Waals surface area (Å²) in [6.45, 7) is 0.0828. The average molecular weight is 301 g/mol. The van der Waals surface area contributed by atoms with Crippen LogP contribution in [0.2, 0.25) is 0 Å². The zero-order chi connectivity index (χ0) is 13.8. The minimum Gasteiger partial charge on any atom is -0.480 e. The Morgan fingerprint density at radius 2 is 2.33 bits per heavy atom. The van der Waals surface area contributed by atoms with Gasteiger partial charge in [-0.15, -0.1) is 11.3 Å². The van der Waals surface area contributed by atoms with Crippen LogP contribution in [0.4, 0.5) is 18.3 Å². The molecule has 0 bridgehead atoms. The lowest BCUT2D eigenvalue weighted by atomic mass is 10.2. The fraction of sp³-hybridized carbons (Fsp3) is 0.500. The largest absolute Gasteiger partial charge is 0.480 e. The summed E-state index contributed by atoms with van der Waals surface area (Å²) >= 11 is 0.964. The standard InChI is InChI=1S/C8H10F3N3O2S2/c9-8(10,11)18-2-1-13-7-14-4(3-17-7)5(12)6(15)16/h3,5H,1-2,12H2,(H,13,14)(H,15,16). The highest BCUT2D eigenvalue weighted by Gasteiger charge is 2.27. The van der Waals surface area contributed by atoms with Crippen molar-refractivity contribution in [1.29, 1.82) is 0 Å². The van der Waals surface area contributed by atoms with Crippen LogP contribution < -0.4 is 11.1 Å². The van der Waals surface area contributed by atoms with Crippen LogP contribution in [-0.4, -0.2) is 33.9 Å². The molecule has 1 atom stereocenters. The Labute approximate surface area is 109 Å². The molecule has 0 saturated carbocycles. The molecule has 1 heterocycles. The molecule has 0 aliphatic heterocycles. The lowest BCUT2D eigenvalue weighted by Crippen LogP contribution is -2.21. The summed E-state index contributed by atoms with van der Waals surface area (Å²) in [7, 11) is 0. The van der Waals surface area contributed by atoms with Crippen LogP contribution in [0.15, 0.2) is 5.38 Å². The molecule has 1 rings (SSSR count). The highest BCUT2D eigenvalue weighted by atomic mass is 32.2. The third-order valence-corrected chi connectivity index (χ3v) is 3.30. The van der Waals surface area contributed by atoms with Crippen LogP contribution in [0.5, 0.6) is 0 Å². The van der Waals surface area contributed by atoms with Crippen LogP contribution in [0, 0.1) is 0 Å². The Bertz CT molecular complexity index is 411. The second-order valence-electron chi connectivity index (χ2n) is 3.11. The van der Waals surface area contributed by atoms with Gasteiger partial charge in [-0.3, -0.25) is 4.79 Å². The van der Waals surface area contributed by atoms with Crippen molar-refractivity contribution in [3.8, 4) is 0 Å². The molecule has 102 valence electrons. The third-order valence-electron chi connectivity index (χ3n) is 1.75. The topological polar surface area (TPSA) is 88.2 Å². The second kappa shape index (κ2) is 6.25. The van der Waals surface area contributed by atoms with Crippen LogP contribution in [0.3, 0.4) is 0 Å². The van der Waals surface area contributed by atoms with Crippen LogP contribution in [0.25, 0.3) is 0 Å². The Kier molecular flexibility index (Phi) is 5.23. The van der Waals surface area contributed by atoms with Gasteiger partial charge < -0.3 is 16.2 Å². The van der Waals surface area contributed by atoms with Gasteiger partial charge in [-0.1, -0.05) is 0 Å². The van der Waals surface area contributed by atoms with Gasteiger partial charge in [0.1, 0.15) is 6.04 Å². The number of nitrogens with one attached hydrogen (secondary N) is 1. The highest BCUT2D eigenvalue weighted by molar-refractivity contribution is 8.00. The minimum atomic E-state index is -4.25. The monoisotopic (exact) mass is 301 g/mol. The summed E-state index contributed by atoms with van der Waals surface area (Å²) in [5.74, 6) is -1.36. The number of nitrogens with two attached hydrogens (primary N) is 1. The van der Waals surface area contributed by atoms with Crippen molar-refractivity contribution in [1.82, 2.24) is 4.98 Å². The van der Waals surface area contributed by atoms with E-state index in [1.54, 1.807) is 0 Å². The minimum absolute atomic E-state index is 0.0828. The van der Waals surface area contributed by atoms with E-state index in [-0.39, 0.29) is 29.8 Å². The number of thiazole rings is 1. The van der Waals surface area contributed by atoms with E-state index in [4.69, 9.17) is 10.8 Å². The van der Waals surface area contributed by atoms with Crippen molar-refractivity contribution in [2.24, 2.45) is 5.73 Å². The maximum absolute atomic E-state index is 11.8. The first kappa shape index (κ1) is 15.1. The first-order chi connectivity index (χ1) is 8.29. The molecule has 5 nitrogen and oxygen atoms in total. The number of rotatable bonds is 6. The first-order valence-electron chi connectivity index (χ1n) is 4.68. The first-order valence-corrected chi connectivity index (χ1v) is 6.54. The number of hydrogen-bond acceptors (Lipinski definition) is 6. The second-order valence-corrected chi connectivity index (χ2v) is 5.13. The van der Waals surface area contributed by atoms with E-state index in [0.717, 1.165) is 11.3 Å². The number of anilines is 1. The quantitative estimate of drug-likeness (QED) is 0.695. The van der Waals surface area contributed by atoms with Crippen molar-refractivity contribution < 1.29 is 23.1 Å². The third kappa shape index (κ3) is 5.10. The van der Waals surface area contributed by atoms with Crippen LogP contribution >= 0.6 is 23.1 Å². The van der Waals surface area contributed by atoms with Gasteiger partial charge in [0.2, 0.25) is 0 Å². The van der Waals surface area contributed by atoms with Gasteiger partial charge in [-0.25, -0.2) is 4.98 Å². The lowest BCUT2D eigenvalue weighted by molar-refractivity contribution is -0.138. The molecule has 0 amide bonds. The molecule has 18 heavy (non-hydrogen) atoms. The fourth-order valence-electron chi connectivity index (χ4n) is 0.961. The van der Waals surface area contributed by atoms with Crippen molar-refractivity contribution in [3.05, 3.63) is 11.1 Å². The number of thioether (sulfide) groups is 1. The summed E-state index contributed by atoms with van der Waals surface area (Å²) < 4.78 is 35.5. The smallest absolute Gasteiger partial charge is 0.441 e. The van der Waals surface area contributed by atoms with E-state index in [2.05, 4.69) is 10.3 Å². The van der Waals surface area contributed by atoms with E-state index in [0.29, 0.717) is 5.13 Å². The van der Waals surface area contributed by atoms with Gasteiger partial charge in [0, 0.05) is 17.7 Å². The van der Waals surface area contributed by atoms with E-state index >= 15 is 0 Å². The maximum Gasteiger partial charge on any atom is 0.441 e.